The molecule has 1 heterocycles. The summed E-state index contributed by atoms with van der Waals surface area (Å²) in [5.41, 5.74) is 17.8. The molecule has 10 aromatic carbocycles. The van der Waals surface area contributed by atoms with Crippen LogP contribution in [0.5, 0.6) is 0 Å². The highest BCUT2D eigenvalue weighted by Crippen LogP contribution is 2.56. The minimum absolute atomic E-state index is 0.454. The van der Waals surface area contributed by atoms with Crippen LogP contribution in [0.3, 0.4) is 0 Å². The molecule has 1 aliphatic rings. The lowest BCUT2D eigenvalue weighted by Crippen LogP contribution is -2.28. The number of hydrogen-bond acceptors (Lipinski definition) is 2. The lowest BCUT2D eigenvalue weighted by molar-refractivity contribution is 0.768. The molecule has 0 atom stereocenters. The van der Waals surface area contributed by atoms with E-state index in [1.54, 1.807) is 0 Å². The van der Waals surface area contributed by atoms with Gasteiger partial charge in [-0.05, 0) is 127 Å². The van der Waals surface area contributed by atoms with E-state index in [0.717, 1.165) is 17.1 Å². The summed E-state index contributed by atoms with van der Waals surface area (Å²) in [5, 5.41) is 2.64. The van der Waals surface area contributed by atoms with Crippen LogP contribution < -0.4 is 4.90 Å². The van der Waals surface area contributed by atoms with Crippen LogP contribution in [0.4, 0.5) is 17.1 Å². The van der Waals surface area contributed by atoms with Gasteiger partial charge in [-0.15, -0.1) is 11.3 Å². The topological polar surface area (TPSA) is 3.24 Å². The number of nitrogens with zero attached hydrogens (tertiary/aromatic N) is 1. The Kier molecular flexibility index (Phi) is 8.98. The Morgan fingerprint density at radius 3 is 1.48 bits per heavy atom. The molecular formula is C61H41NS. The first kappa shape index (κ1) is 37.0. The molecule has 0 bridgehead atoms. The highest BCUT2D eigenvalue weighted by molar-refractivity contribution is 7.25. The standard InChI is InChI=1S/C61H41NS/c1-3-15-42(16-4-1)46-19-14-22-52(40-46)62(50-34-29-43(30-35-50)44-17-13-18-45(39-44)47-31-38-60-56(41-47)55-25-9-12-28-59(55)63-60)51-36-32-49(33-37-51)61(48-20-5-2-6-21-48)57-26-10-7-23-53(57)54-24-8-11-27-58(54)61/h1-41H. The first-order valence-corrected chi connectivity index (χ1v) is 22.5. The molecule has 1 aromatic heterocycles. The van der Waals surface area contributed by atoms with Gasteiger partial charge in [0.1, 0.15) is 0 Å². The van der Waals surface area contributed by atoms with Crippen molar-refractivity contribution in [3.8, 4) is 44.5 Å². The molecule has 0 saturated carbocycles. The van der Waals surface area contributed by atoms with Crippen molar-refractivity contribution in [3.63, 3.8) is 0 Å². The molecule has 0 fully saturated rings. The molecule has 11 aromatic rings. The Morgan fingerprint density at radius 1 is 0.286 bits per heavy atom. The van der Waals surface area contributed by atoms with Crippen molar-refractivity contribution in [2.45, 2.75) is 5.41 Å². The van der Waals surface area contributed by atoms with Crippen LogP contribution in [0, 0.1) is 0 Å². The van der Waals surface area contributed by atoms with Gasteiger partial charge in [0.25, 0.3) is 0 Å². The van der Waals surface area contributed by atoms with Crippen molar-refractivity contribution in [2.24, 2.45) is 0 Å². The zero-order chi connectivity index (χ0) is 41.7. The van der Waals surface area contributed by atoms with E-state index < -0.39 is 5.41 Å². The molecule has 0 saturated heterocycles. The third-order valence-corrected chi connectivity index (χ3v) is 14.1. The van der Waals surface area contributed by atoms with Crippen LogP contribution in [0.1, 0.15) is 22.3 Å². The van der Waals surface area contributed by atoms with E-state index in [2.05, 4.69) is 254 Å². The van der Waals surface area contributed by atoms with Crippen LogP contribution in [0.25, 0.3) is 64.7 Å². The predicted octanol–water partition coefficient (Wildman–Crippen LogP) is 16.9. The number of rotatable bonds is 8. The zero-order valence-electron chi connectivity index (χ0n) is 34.5. The van der Waals surface area contributed by atoms with Crippen molar-refractivity contribution in [3.05, 3.63) is 271 Å². The highest BCUT2D eigenvalue weighted by Gasteiger charge is 2.45. The third-order valence-electron chi connectivity index (χ3n) is 13.0. The number of anilines is 3. The van der Waals surface area contributed by atoms with Crippen LogP contribution in [-0.4, -0.2) is 0 Å². The summed E-state index contributed by atoms with van der Waals surface area (Å²) in [6.45, 7) is 0. The van der Waals surface area contributed by atoms with E-state index in [1.807, 2.05) is 11.3 Å². The van der Waals surface area contributed by atoms with Crippen molar-refractivity contribution in [1.82, 2.24) is 0 Å². The van der Waals surface area contributed by atoms with E-state index >= 15 is 0 Å². The molecule has 0 N–H and O–H groups in total. The molecule has 0 spiro atoms. The molecule has 0 radical (unpaired) electrons. The van der Waals surface area contributed by atoms with Crippen LogP contribution in [0.15, 0.2) is 249 Å². The summed E-state index contributed by atoms with van der Waals surface area (Å²) in [7, 11) is 0. The number of fused-ring (bicyclic) bond motifs is 6. The van der Waals surface area contributed by atoms with Crippen molar-refractivity contribution < 1.29 is 0 Å². The average Bonchev–Trinajstić information content (AvgIpc) is 3.89. The first-order valence-electron chi connectivity index (χ1n) is 21.7. The van der Waals surface area contributed by atoms with Gasteiger partial charge in [-0.25, -0.2) is 0 Å². The number of hydrogen-bond donors (Lipinski definition) is 0. The molecule has 0 aliphatic heterocycles. The summed E-state index contributed by atoms with van der Waals surface area (Å²) in [4.78, 5) is 2.39. The SMILES string of the molecule is c1ccc(-c2cccc(N(c3ccc(-c4cccc(-c5ccc6sc7ccccc7c6c5)c4)cc3)c3ccc(C4(c5ccccc5)c5ccccc5-c5ccccc54)cc3)c2)cc1. The van der Waals surface area contributed by atoms with E-state index in [-0.39, 0.29) is 0 Å². The van der Waals surface area contributed by atoms with Gasteiger partial charge in [0.15, 0.2) is 0 Å². The van der Waals surface area contributed by atoms with Gasteiger partial charge in [0.05, 0.1) is 5.41 Å². The molecule has 296 valence electrons. The quantitative estimate of drug-likeness (QED) is 0.148. The zero-order valence-corrected chi connectivity index (χ0v) is 35.3. The Bertz CT molecular complexity index is 3390. The van der Waals surface area contributed by atoms with Crippen LogP contribution in [0.2, 0.25) is 0 Å². The van der Waals surface area contributed by atoms with Crippen molar-refractivity contribution in [1.29, 1.82) is 0 Å². The van der Waals surface area contributed by atoms with Gasteiger partial charge in [-0.3, -0.25) is 0 Å². The number of thiophene rings is 1. The second kappa shape index (κ2) is 15.3. The normalized spacial score (nSPS) is 12.6. The van der Waals surface area contributed by atoms with E-state index in [9.17, 15) is 0 Å². The summed E-state index contributed by atoms with van der Waals surface area (Å²) in [6, 6.07) is 91.4. The second-order valence-corrected chi connectivity index (χ2v) is 17.5. The first-order chi connectivity index (χ1) is 31.2. The lowest BCUT2D eigenvalue weighted by Gasteiger charge is -2.34. The maximum Gasteiger partial charge on any atom is 0.0713 e. The van der Waals surface area contributed by atoms with Gasteiger partial charge < -0.3 is 4.90 Å². The van der Waals surface area contributed by atoms with Crippen LogP contribution in [-0.2, 0) is 5.41 Å². The molecule has 0 unspecified atom stereocenters. The molecule has 1 aliphatic carbocycles. The van der Waals surface area contributed by atoms with Gasteiger partial charge in [-0.2, -0.15) is 0 Å². The molecule has 12 rings (SSSR count). The fourth-order valence-electron chi connectivity index (χ4n) is 10.1. The molecule has 1 nitrogen and oxygen atoms in total. The largest absolute Gasteiger partial charge is 0.310 e. The van der Waals surface area contributed by atoms with E-state index in [4.69, 9.17) is 0 Å². The minimum atomic E-state index is -0.454. The highest BCUT2D eigenvalue weighted by atomic mass is 32.1. The second-order valence-electron chi connectivity index (χ2n) is 16.4. The summed E-state index contributed by atoms with van der Waals surface area (Å²) < 4.78 is 2.65. The van der Waals surface area contributed by atoms with Gasteiger partial charge in [0, 0.05) is 37.2 Å². The lowest BCUT2D eigenvalue weighted by atomic mass is 9.68. The Balaban J connectivity index is 0.953. The summed E-state index contributed by atoms with van der Waals surface area (Å²) >= 11 is 1.86. The van der Waals surface area contributed by atoms with E-state index in [0.29, 0.717) is 0 Å². The predicted molar refractivity (Wildman–Crippen MR) is 268 cm³/mol. The third kappa shape index (κ3) is 6.22. The van der Waals surface area contributed by atoms with Gasteiger partial charge >= 0.3 is 0 Å². The Labute approximate surface area is 372 Å². The van der Waals surface area contributed by atoms with Crippen molar-refractivity contribution >= 4 is 48.6 Å². The van der Waals surface area contributed by atoms with E-state index in [1.165, 1.54) is 86.9 Å². The molecule has 2 heteroatoms. The van der Waals surface area contributed by atoms with Gasteiger partial charge in [0.2, 0.25) is 0 Å². The molecule has 0 amide bonds. The summed E-state index contributed by atoms with van der Waals surface area (Å²) in [5.74, 6) is 0. The smallest absolute Gasteiger partial charge is 0.0713 e. The molecular weight excluding hydrogens is 779 g/mol. The maximum atomic E-state index is 2.39. The monoisotopic (exact) mass is 819 g/mol. The maximum absolute atomic E-state index is 2.39. The minimum Gasteiger partial charge on any atom is -0.310 e. The average molecular weight is 820 g/mol. The van der Waals surface area contributed by atoms with Crippen molar-refractivity contribution in [2.75, 3.05) is 4.90 Å². The van der Waals surface area contributed by atoms with Gasteiger partial charge in [-0.1, -0.05) is 188 Å². The summed E-state index contributed by atoms with van der Waals surface area (Å²) in [6.07, 6.45) is 0. The Morgan fingerprint density at radius 2 is 0.762 bits per heavy atom. The molecule has 63 heavy (non-hydrogen) atoms. The fraction of sp³-hybridized carbons (Fsp3) is 0.0164. The van der Waals surface area contributed by atoms with Crippen LogP contribution >= 0.6 is 11.3 Å². The number of benzene rings is 10. The Hall–Kier alpha value is -7.78. The fourth-order valence-corrected chi connectivity index (χ4v) is 11.1.